The first-order chi connectivity index (χ1) is 13.5. The summed E-state index contributed by atoms with van der Waals surface area (Å²) in [7, 11) is 0. The number of pyridine rings is 2. The summed E-state index contributed by atoms with van der Waals surface area (Å²) >= 11 is 0. The fourth-order valence-electron chi connectivity index (χ4n) is 3.64. The molecule has 2 N–H and O–H groups in total. The maximum absolute atomic E-state index is 13.2. The van der Waals surface area contributed by atoms with Crippen molar-refractivity contribution in [2.45, 2.75) is 39.3 Å². The van der Waals surface area contributed by atoms with E-state index in [1.54, 1.807) is 16.8 Å². The topological polar surface area (TPSA) is 101 Å². The highest BCUT2D eigenvalue weighted by atomic mass is 16.5. The Kier molecular flexibility index (Phi) is 4.72. The van der Waals surface area contributed by atoms with E-state index < -0.39 is 0 Å². The molecule has 0 spiro atoms. The first kappa shape index (κ1) is 18.4. The van der Waals surface area contributed by atoms with Crippen molar-refractivity contribution in [1.82, 2.24) is 19.3 Å². The second kappa shape index (κ2) is 7.20. The predicted molar refractivity (Wildman–Crippen MR) is 105 cm³/mol. The minimum atomic E-state index is -0.371. The fraction of sp³-hybridized carbons (Fsp3) is 0.400. The average molecular weight is 381 g/mol. The van der Waals surface area contributed by atoms with Crippen molar-refractivity contribution in [3.05, 3.63) is 51.4 Å². The number of nitrogens with zero attached hydrogens (tertiary/aromatic N) is 3. The molecule has 4 heterocycles. The molecule has 3 aromatic heterocycles. The van der Waals surface area contributed by atoms with Gasteiger partial charge in [-0.15, -0.1) is 0 Å². The van der Waals surface area contributed by atoms with E-state index in [0.29, 0.717) is 36.4 Å². The summed E-state index contributed by atoms with van der Waals surface area (Å²) in [4.78, 5) is 30.3. The highest BCUT2D eigenvalue weighted by Gasteiger charge is 2.21. The molecule has 8 heteroatoms. The molecule has 1 aliphatic heterocycles. The highest BCUT2D eigenvalue weighted by Crippen LogP contribution is 2.17. The van der Waals surface area contributed by atoms with E-state index in [1.165, 1.54) is 10.5 Å². The van der Waals surface area contributed by atoms with Crippen LogP contribution in [0.2, 0.25) is 0 Å². The SMILES string of the molecule is CCNC(=O)c1cc2c(=O)n3cc(C)ccc3nc2n(C[C@H]2CCCO2)c1=N. The van der Waals surface area contributed by atoms with Crippen molar-refractivity contribution in [2.75, 3.05) is 13.2 Å². The number of carbonyl (C=O) groups excluding carboxylic acids is 1. The van der Waals surface area contributed by atoms with Gasteiger partial charge in [0.25, 0.3) is 11.5 Å². The zero-order valence-electron chi connectivity index (χ0n) is 16.0. The van der Waals surface area contributed by atoms with Gasteiger partial charge in [0.05, 0.1) is 23.6 Å². The molecule has 1 fully saturated rings. The zero-order chi connectivity index (χ0) is 19.8. The van der Waals surface area contributed by atoms with E-state index in [-0.39, 0.29) is 28.6 Å². The number of hydrogen-bond donors (Lipinski definition) is 2. The lowest BCUT2D eigenvalue weighted by Crippen LogP contribution is -2.36. The number of carbonyl (C=O) groups is 1. The molecule has 0 aliphatic carbocycles. The van der Waals surface area contributed by atoms with Gasteiger partial charge in [-0.2, -0.15) is 0 Å². The van der Waals surface area contributed by atoms with Crippen molar-refractivity contribution in [3.8, 4) is 0 Å². The Morgan fingerprint density at radius 3 is 2.96 bits per heavy atom. The first-order valence-corrected chi connectivity index (χ1v) is 9.50. The molecule has 1 saturated heterocycles. The number of nitrogens with one attached hydrogen (secondary N) is 2. The Morgan fingerprint density at radius 2 is 2.25 bits per heavy atom. The van der Waals surface area contributed by atoms with Crippen LogP contribution in [0.1, 0.15) is 35.7 Å². The van der Waals surface area contributed by atoms with E-state index in [2.05, 4.69) is 10.3 Å². The van der Waals surface area contributed by atoms with Gasteiger partial charge in [0.15, 0.2) is 0 Å². The molecule has 28 heavy (non-hydrogen) atoms. The van der Waals surface area contributed by atoms with Gasteiger partial charge in [-0.05, 0) is 44.4 Å². The molecule has 0 saturated carbocycles. The molecule has 8 nitrogen and oxygen atoms in total. The van der Waals surface area contributed by atoms with E-state index in [9.17, 15) is 9.59 Å². The molecule has 0 bridgehead atoms. The number of fused-ring (bicyclic) bond motifs is 2. The maximum Gasteiger partial charge on any atom is 0.267 e. The van der Waals surface area contributed by atoms with Crippen LogP contribution >= 0.6 is 0 Å². The summed E-state index contributed by atoms with van der Waals surface area (Å²) in [5.41, 5.74) is 1.80. The van der Waals surface area contributed by atoms with Crippen molar-refractivity contribution >= 4 is 22.6 Å². The lowest BCUT2D eigenvalue weighted by Gasteiger charge is -2.17. The summed E-state index contributed by atoms with van der Waals surface area (Å²) in [6.45, 7) is 5.23. The van der Waals surface area contributed by atoms with Gasteiger partial charge in [0.2, 0.25) is 0 Å². The third-order valence-electron chi connectivity index (χ3n) is 5.05. The Labute approximate surface area is 161 Å². The van der Waals surface area contributed by atoms with Crippen LogP contribution in [0.25, 0.3) is 16.7 Å². The van der Waals surface area contributed by atoms with Crippen molar-refractivity contribution in [1.29, 1.82) is 5.41 Å². The van der Waals surface area contributed by atoms with Gasteiger partial charge in [-0.1, -0.05) is 6.07 Å². The van der Waals surface area contributed by atoms with Gasteiger partial charge in [-0.25, -0.2) is 4.98 Å². The summed E-state index contributed by atoms with van der Waals surface area (Å²) in [5.74, 6) is -0.371. The third-order valence-corrected chi connectivity index (χ3v) is 5.05. The quantitative estimate of drug-likeness (QED) is 0.667. The minimum Gasteiger partial charge on any atom is -0.376 e. The average Bonchev–Trinajstić information content (AvgIpc) is 3.18. The Bertz CT molecular complexity index is 1190. The van der Waals surface area contributed by atoms with Crippen LogP contribution in [0.4, 0.5) is 0 Å². The molecule has 1 amide bonds. The van der Waals surface area contributed by atoms with Crippen LogP contribution in [0.3, 0.4) is 0 Å². The number of amides is 1. The predicted octanol–water partition coefficient (Wildman–Crippen LogP) is 1.37. The van der Waals surface area contributed by atoms with Gasteiger partial charge < -0.3 is 14.6 Å². The number of hydrogen-bond acceptors (Lipinski definition) is 5. The van der Waals surface area contributed by atoms with Crippen molar-refractivity contribution in [3.63, 3.8) is 0 Å². The van der Waals surface area contributed by atoms with Crippen LogP contribution in [0.5, 0.6) is 0 Å². The molecule has 0 radical (unpaired) electrons. The third kappa shape index (κ3) is 3.09. The second-order valence-corrected chi connectivity index (χ2v) is 7.10. The molecule has 1 aliphatic rings. The van der Waals surface area contributed by atoms with Gasteiger partial charge >= 0.3 is 0 Å². The maximum atomic E-state index is 13.2. The van der Waals surface area contributed by atoms with E-state index >= 15 is 0 Å². The highest BCUT2D eigenvalue weighted by molar-refractivity contribution is 5.96. The summed E-state index contributed by atoms with van der Waals surface area (Å²) in [5, 5.41) is 11.7. The summed E-state index contributed by atoms with van der Waals surface area (Å²) < 4.78 is 8.85. The van der Waals surface area contributed by atoms with E-state index in [4.69, 9.17) is 10.1 Å². The molecule has 0 aromatic carbocycles. The van der Waals surface area contributed by atoms with Crippen LogP contribution in [-0.4, -0.2) is 39.1 Å². The molecular formula is C20H23N5O3. The molecular weight excluding hydrogens is 358 g/mol. The van der Waals surface area contributed by atoms with Crippen LogP contribution in [-0.2, 0) is 11.3 Å². The first-order valence-electron chi connectivity index (χ1n) is 9.50. The minimum absolute atomic E-state index is 0.0392. The Hall–Kier alpha value is -3.00. The van der Waals surface area contributed by atoms with Gasteiger partial charge in [-0.3, -0.25) is 19.4 Å². The molecule has 3 aromatic rings. The summed E-state index contributed by atoms with van der Waals surface area (Å²) in [6, 6.07) is 5.16. The number of aryl methyl sites for hydroxylation is 1. The van der Waals surface area contributed by atoms with Gasteiger partial charge in [0.1, 0.15) is 16.8 Å². The normalized spacial score (nSPS) is 16.7. The standard InChI is InChI=1S/C20H23N5O3/c1-3-22-19(26)14-9-15-18(25(17(14)21)11-13-5-4-8-28-13)23-16-7-6-12(2)10-24(16)20(15)27/h6-7,9-10,13,21H,3-5,8,11H2,1-2H3,(H,22,26)/t13-/m1/s1. The van der Waals surface area contributed by atoms with Gasteiger partial charge in [0, 0.05) is 19.3 Å². The van der Waals surface area contributed by atoms with Crippen LogP contribution in [0, 0.1) is 12.3 Å². The number of ether oxygens (including phenoxy) is 1. The van der Waals surface area contributed by atoms with Crippen LogP contribution < -0.4 is 16.4 Å². The summed E-state index contributed by atoms with van der Waals surface area (Å²) in [6.07, 6.45) is 3.52. The smallest absolute Gasteiger partial charge is 0.267 e. The lowest BCUT2D eigenvalue weighted by atomic mass is 10.1. The monoisotopic (exact) mass is 381 g/mol. The zero-order valence-corrected chi connectivity index (χ0v) is 16.0. The lowest BCUT2D eigenvalue weighted by molar-refractivity contribution is 0.0934. The molecule has 4 rings (SSSR count). The molecule has 146 valence electrons. The fourth-order valence-corrected chi connectivity index (χ4v) is 3.64. The number of aromatic nitrogens is 3. The Morgan fingerprint density at radius 1 is 1.43 bits per heavy atom. The van der Waals surface area contributed by atoms with Crippen LogP contribution in [0.15, 0.2) is 29.2 Å². The Balaban J connectivity index is 2.04. The van der Waals surface area contributed by atoms with E-state index in [0.717, 1.165) is 18.4 Å². The molecule has 0 unspecified atom stereocenters. The molecule has 1 atom stereocenters. The number of rotatable bonds is 4. The second-order valence-electron chi connectivity index (χ2n) is 7.10. The van der Waals surface area contributed by atoms with Crippen molar-refractivity contribution in [2.24, 2.45) is 0 Å². The van der Waals surface area contributed by atoms with Crippen molar-refractivity contribution < 1.29 is 9.53 Å². The largest absolute Gasteiger partial charge is 0.376 e. The van der Waals surface area contributed by atoms with E-state index in [1.807, 2.05) is 19.9 Å².